The van der Waals surface area contributed by atoms with Crippen LogP contribution in [0.1, 0.15) is 16.7 Å². The quantitative estimate of drug-likeness (QED) is 0.588. The van der Waals surface area contributed by atoms with Gasteiger partial charge in [0, 0.05) is 16.1 Å². The van der Waals surface area contributed by atoms with Crippen molar-refractivity contribution in [3.63, 3.8) is 0 Å². The van der Waals surface area contributed by atoms with Crippen molar-refractivity contribution in [2.24, 2.45) is 0 Å². The number of hydrogen-bond acceptors (Lipinski definition) is 1. The maximum Gasteiger partial charge on any atom is 0.119 e. The van der Waals surface area contributed by atoms with Crippen LogP contribution in [0.4, 0.5) is 0 Å². The Kier molecular flexibility index (Phi) is 5.88. The molecule has 112 valence electrons. The normalized spacial score (nSPS) is 11.4. The molecule has 0 unspecified atom stereocenters. The van der Waals surface area contributed by atoms with Gasteiger partial charge in [0.2, 0.25) is 0 Å². The third kappa shape index (κ3) is 3.89. The van der Waals surface area contributed by atoms with Gasteiger partial charge in [0.25, 0.3) is 0 Å². The Labute approximate surface area is 144 Å². The number of hydrogen-bond donors (Lipinski definition) is 0. The SMILES string of the molecule is COc1cccc(CC(CBr)(CBr)c2cccc(C)c2)c1. The lowest BCUT2D eigenvalue weighted by Crippen LogP contribution is -2.33. The summed E-state index contributed by atoms with van der Waals surface area (Å²) in [7, 11) is 1.71. The van der Waals surface area contributed by atoms with Gasteiger partial charge in [-0.3, -0.25) is 0 Å². The predicted molar refractivity (Wildman–Crippen MR) is 97.1 cm³/mol. The maximum absolute atomic E-state index is 5.34. The summed E-state index contributed by atoms with van der Waals surface area (Å²) in [6.45, 7) is 2.14. The van der Waals surface area contributed by atoms with Gasteiger partial charge >= 0.3 is 0 Å². The molecule has 0 aliphatic rings. The predicted octanol–water partition coefficient (Wildman–Crippen LogP) is 5.27. The van der Waals surface area contributed by atoms with Crippen LogP contribution in [0.5, 0.6) is 5.75 Å². The lowest BCUT2D eigenvalue weighted by atomic mass is 9.78. The summed E-state index contributed by atoms with van der Waals surface area (Å²) in [6, 6.07) is 17.1. The highest BCUT2D eigenvalue weighted by Gasteiger charge is 2.30. The van der Waals surface area contributed by atoms with Crippen LogP contribution < -0.4 is 4.74 Å². The number of alkyl halides is 2. The van der Waals surface area contributed by atoms with E-state index in [2.05, 4.69) is 81.2 Å². The van der Waals surface area contributed by atoms with Crippen molar-refractivity contribution in [1.29, 1.82) is 0 Å². The van der Waals surface area contributed by atoms with Crippen LogP contribution >= 0.6 is 31.9 Å². The first-order valence-electron chi connectivity index (χ1n) is 6.95. The molecule has 0 amide bonds. The molecule has 0 spiro atoms. The first kappa shape index (κ1) is 16.6. The average molecular weight is 412 g/mol. The average Bonchev–Trinajstić information content (AvgIpc) is 2.53. The Bertz CT molecular complexity index is 591. The molecule has 0 saturated carbocycles. The standard InChI is InChI=1S/C18H20Br2O/c1-14-5-3-7-16(9-14)18(12-19,13-20)11-15-6-4-8-17(10-15)21-2/h3-10H,11-13H2,1-2H3. The van der Waals surface area contributed by atoms with E-state index in [4.69, 9.17) is 4.74 Å². The van der Waals surface area contributed by atoms with Gasteiger partial charge in [0.15, 0.2) is 0 Å². The molecule has 2 rings (SSSR count). The van der Waals surface area contributed by atoms with E-state index in [1.165, 1.54) is 16.7 Å². The summed E-state index contributed by atoms with van der Waals surface area (Å²) in [4.78, 5) is 0. The van der Waals surface area contributed by atoms with Gasteiger partial charge in [-0.2, -0.15) is 0 Å². The van der Waals surface area contributed by atoms with Crippen LogP contribution in [-0.4, -0.2) is 17.8 Å². The van der Waals surface area contributed by atoms with Crippen LogP contribution in [-0.2, 0) is 11.8 Å². The number of aryl methyl sites for hydroxylation is 1. The summed E-state index contributed by atoms with van der Waals surface area (Å²) < 4.78 is 5.34. The molecule has 0 aliphatic carbocycles. The van der Waals surface area contributed by atoms with Crippen molar-refractivity contribution >= 4 is 31.9 Å². The molecule has 1 nitrogen and oxygen atoms in total. The molecule has 0 fully saturated rings. The van der Waals surface area contributed by atoms with Crippen LogP contribution in [0.3, 0.4) is 0 Å². The first-order chi connectivity index (χ1) is 10.1. The van der Waals surface area contributed by atoms with E-state index in [0.717, 1.165) is 22.8 Å². The first-order valence-corrected chi connectivity index (χ1v) is 9.20. The van der Waals surface area contributed by atoms with E-state index in [1.807, 2.05) is 6.07 Å². The molecule has 0 aromatic heterocycles. The fourth-order valence-corrected chi connectivity index (χ4v) is 4.51. The van der Waals surface area contributed by atoms with Crippen LogP contribution in [0, 0.1) is 6.92 Å². The van der Waals surface area contributed by atoms with Crippen molar-refractivity contribution in [2.45, 2.75) is 18.8 Å². The van der Waals surface area contributed by atoms with Gasteiger partial charge in [0.1, 0.15) is 5.75 Å². The smallest absolute Gasteiger partial charge is 0.119 e. The minimum Gasteiger partial charge on any atom is -0.497 e. The molecule has 2 aromatic rings. The van der Waals surface area contributed by atoms with Gasteiger partial charge in [-0.15, -0.1) is 0 Å². The Balaban J connectivity index is 2.38. The highest BCUT2D eigenvalue weighted by atomic mass is 79.9. The summed E-state index contributed by atoms with van der Waals surface area (Å²) in [5, 5.41) is 1.82. The lowest BCUT2D eigenvalue weighted by Gasteiger charge is -2.31. The zero-order valence-corrected chi connectivity index (χ0v) is 15.6. The zero-order valence-electron chi connectivity index (χ0n) is 12.4. The molecule has 0 radical (unpaired) electrons. The maximum atomic E-state index is 5.34. The molecular weight excluding hydrogens is 392 g/mol. The minimum absolute atomic E-state index is 0.0401. The lowest BCUT2D eigenvalue weighted by molar-refractivity contribution is 0.413. The third-order valence-corrected chi connectivity index (χ3v) is 5.97. The van der Waals surface area contributed by atoms with Crippen molar-refractivity contribution in [2.75, 3.05) is 17.8 Å². The molecule has 3 heteroatoms. The zero-order chi connectivity index (χ0) is 15.3. The molecule has 0 bridgehead atoms. The van der Waals surface area contributed by atoms with Gasteiger partial charge in [-0.1, -0.05) is 73.8 Å². The fraction of sp³-hybridized carbons (Fsp3) is 0.333. The molecule has 0 heterocycles. The van der Waals surface area contributed by atoms with E-state index in [-0.39, 0.29) is 5.41 Å². The Morgan fingerprint density at radius 3 is 2.33 bits per heavy atom. The molecular formula is C18H20Br2O. The summed E-state index contributed by atoms with van der Waals surface area (Å²) in [6.07, 6.45) is 0.962. The number of benzene rings is 2. The number of rotatable bonds is 6. The molecule has 0 aliphatic heterocycles. The third-order valence-electron chi connectivity index (χ3n) is 3.82. The highest BCUT2D eigenvalue weighted by Crippen LogP contribution is 2.34. The van der Waals surface area contributed by atoms with Gasteiger partial charge in [0.05, 0.1) is 7.11 Å². The van der Waals surface area contributed by atoms with E-state index in [1.54, 1.807) is 7.11 Å². The van der Waals surface area contributed by atoms with Crippen molar-refractivity contribution in [3.8, 4) is 5.75 Å². The second-order valence-electron chi connectivity index (χ2n) is 5.45. The Hall–Kier alpha value is -0.800. The van der Waals surface area contributed by atoms with E-state index < -0.39 is 0 Å². The van der Waals surface area contributed by atoms with Gasteiger partial charge in [-0.05, 0) is 36.6 Å². The number of ether oxygens (including phenoxy) is 1. The van der Waals surface area contributed by atoms with Crippen LogP contribution in [0.15, 0.2) is 48.5 Å². The largest absolute Gasteiger partial charge is 0.497 e. The topological polar surface area (TPSA) is 9.23 Å². The van der Waals surface area contributed by atoms with E-state index >= 15 is 0 Å². The fourth-order valence-electron chi connectivity index (χ4n) is 2.53. The van der Waals surface area contributed by atoms with E-state index in [9.17, 15) is 0 Å². The molecule has 2 aromatic carbocycles. The summed E-state index contributed by atoms with van der Waals surface area (Å²) in [5.41, 5.74) is 3.98. The highest BCUT2D eigenvalue weighted by molar-refractivity contribution is 9.09. The van der Waals surface area contributed by atoms with Gasteiger partial charge < -0.3 is 4.74 Å². The van der Waals surface area contributed by atoms with Crippen molar-refractivity contribution < 1.29 is 4.74 Å². The Morgan fingerprint density at radius 2 is 1.71 bits per heavy atom. The van der Waals surface area contributed by atoms with E-state index in [0.29, 0.717) is 0 Å². The van der Waals surface area contributed by atoms with Crippen LogP contribution in [0.2, 0.25) is 0 Å². The van der Waals surface area contributed by atoms with Crippen molar-refractivity contribution in [1.82, 2.24) is 0 Å². The van der Waals surface area contributed by atoms with Crippen LogP contribution in [0.25, 0.3) is 0 Å². The summed E-state index contributed by atoms with van der Waals surface area (Å²) >= 11 is 7.45. The second-order valence-corrected chi connectivity index (χ2v) is 6.57. The Morgan fingerprint density at radius 1 is 1.00 bits per heavy atom. The molecule has 0 atom stereocenters. The number of halogens is 2. The molecule has 21 heavy (non-hydrogen) atoms. The number of methoxy groups -OCH3 is 1. The second kappa shape index (κ2) is 7.46. The van der Waals surface area contributed by atoms with Crippen molar-refractivity contribution in [3.05, 3.63) is 65.2 Å². The monoisotopic (exact) mass is 410 g/mol. The minimum atomic E-state index is 0.0401. The summed E-state index contributed by atoms with van der Waals surface area (Å²) in [5.74, 6) is 0.912. The molecule has 0 saturated heterocycles. The van der Waals surface area contributed by atoms with Gasteiger partial charge in [-0.25, -0.2) is 0 Å². The molecule has 0 N–H and O–H groups in total.